The van der Waals surface area contributed by atoms with E-state index in [0.29, 0.717) is 32.5 Å². The Morgan fingerprint density at radius 2 is 1.80 bits per heavy atom. The van der Waals surface area contributed by atoms with E-state index in [4.69, 9.17) is 4.74 Å². The summed E-state index contributed by atoms with van der Waals surface area (Å²) < 4.78 is 5.03. The third-order valence-electron chi connectivity index (χ3n) is 6.25. The first-order valence-electron chi connectivity index (χ1n) is 10.5. The van der Waals surface area contributed by atoms with Crippen LogP contribution in [0, 0.1) is 11.8 Å². The van der Waals surface area contributed by atoms with Gasteiger partial charge < -0.3 is 19.9 Å². The highest BCUT2D eigenvalue weighted by molar-refractivity contribution is 6.09. The predicted octanol–water partition coefficient (Wildman–Crippen LogP) is -0.0330. The summed E-state index contributed by atoms with van der Waals surface area (Å²) in [7, 11) is 1.48. The van der Waals surface area contributed by atoms with E-state index < -0.39 is 17.5 Å². The topological polar surface area (TPSA) is 116 Å². The van der Waals surface area contributed by atoms with Crippen molar-refractivity contribution in [2.75, 3.05) is 39.8 Å². The van der Waals surface area contributed by atoms with E-state index in [1.165, 1.54) is 11.9 Å². The van der Waals surface area contributed by atoms with E-state index in [9.17, 15) is 24.0 Å². The highest BCUT2D eigenvalue weighted by atomic mass is 16.5. The molecule has 5 amide bonds. The first kappa shape index (κ1) is 22.0. The van der Waals surface area contributed by atoms with Crippen molar-refractivity contribution in [3.8, 4) is 0 Å². The van der Waals surface area contributed by atoms with Crippen molar-refractivity contribution in [1.29, 1.82) is 0 Å². The third kappa shape index (κ3) is 4.41. The number of amides is 5. The lowest BCUT2D eigenvalue weighted by Gasteiger charge is -2.32. The third-order valence-corrected chi connectivity index (χ3v) is 6.25. The van der Waals surface area contributed by atoms with Gasteiger partial charge >= 0.3 is 12.0 Å². The quantitative estimate of drug-likeness (QED) is 0.455. The zero-order valence-corrected chi connectivity index (χ0v) is 17.8. The molecule has 2 aliphatic heterocycles. The van der Waals surface area contributed by atoms with Gasteiger partial charge in [-0.1, -0.05) is 0 Å². The van der Waals surface area contributed by atoms with Crippen LogP contribution >= 0.6 is 0 Å². The van der Waals surface area contributed by atoms with Crippen molar-refractivity contribution in [1.82, 2.24) is 20.0 Å². The van der Waals surface area contributed by atoms with Gasteiger partial charge in [0.1, 0.15) is 12.1 Å². The second-order valence-electron chi connectivity index (χ2n) is 8.45. The molecule has 3 aliphatic rings. The summed E-state index contributed by atoms with van der Waals surface area (Å²) in [5.74, 6) is -1.41. The second-order valence-corrected chi connectivity index (χ2v) is 8.45. The molecule has 0 radical (unpaired) electrons. The highest BCUT2D eigenvalue weighted by Crippen LogP contribution is 2.42. The molecule has 0 aromatic carbocycles. The van der Waals surface area contributed by atoms with Gasteiger partial charge in [0, 0.05) is 20.1 Å². The number of nitrogens with one attached hydrogen (secondary N) is 1. The van der Waals surface area contributed by atoms with Gasteiger partial charge in [-0.2, -0.15) is 0 Å². The summed E-state index contributed by atoms with van der Waals surface area (Å²) in [6.07, 6.45) is 2.83. The molecule has 2 saturated heterocycles. The number of carbonyl (C=O) groups excluding carboxylic acids is 5. The Balaban J connectivity index is 1.48. The van der Waals surface area contributed by atoms with E-state index in [1.54, 1.807) is 18.7 Å². The van der Waals surface area contributed by atoms with Crippen LogP contribution in [0.3, 0.4) is 0 Å². The molecule has 166 valence electrons. The van der Waals surface area contributed by atoms with E-state index in [0.717, 1.165) is 17.7 Å². The molecule has 1 aliphatic carbocycles. The van der Waals surface area contributed by atoms with Crippen LogP contribution in [0.25, 0.3) is 0 Å². The van der Waals surface area contributed by atoms with Gasteiger partial charge in [0.15, 0.2) is 0 Å². The van der Waals surface area contributed by atoms with Gasteiger partial charge in [-0.3, -0.25) is 24.1 Å². The number of urea groups is 1. The number of carbonyl (C=O) groups is 5. The lowest BCUT2D eigenvalue weighted by Crippen LogP contribution is -2.49. The van der Waals surface area contributed by atoms with Crippen molar-refractivity contribution < 1.29 is 28.7 Å². The molecule has 1 saturated carbocycles. The van der Waals surface area contributed by atoms with Crippen molar-refractivity contribution in [2.45, 2.75) is 45.1 Å². The summed E-state index contributed by atoms with van der Waals surface area (Å²) >= 11 is 0. The van der Waals surface area contributed by atoms with Crippen LogP contribution in [0.15, 0.2) is 0 Å². The minimum absolute atomic E-state index is 0.117. The van der Waals surface area contributed by atoms with Gasteiger partial charge in [0.05, 0.1) is 19.1 Å². The van der Waals surface area contributed by atoms with Crippen LogP contribution in [0.2, 0.25) is 0 Å². The summed E-state index contributed by atoms with van der Waals surface area (Å²) in [6.45, 7) is 4.11. The Bertz CT molecular complexity index is 744. The van der Waals surface area contributed by atoms with Crippen LogP contribution in [0.5, 0.6) is 0 Å². The van der Waals surface area contributed by atoms with Crippen LogP contribution in [0.1, 0.15) is 39.5 Å². The predicted molar refractivity (Wildman–Crippen MR) is 105 cm³/mol. The fourth-order valence-electron chi connectivity index (χ4n) is 4.07. The molecule has 10 heteroatoms. The maximum Gasteiger partial charge on any atom is 0.325 e. The van der Waals surface area contributed by atoms with Gasteiger partial charge in [-0.05, 0) is 45.4 Å². The SMILES string of the molecule is CCOC(=O)C1CCN(C(=O)CN(C)C(=O)CN2C(=O)NC(C)(C3CC3)C2=O)CC1. The smallest absolute Gasteiger partial charge is 0.325 e. The first-order chi connectivity index (χ1) is 14.2. The molecule has 0 spiro atoms. The van der Waals surface area contributed by atoms with Gasteiger partial charge in [-0.15, -0.1) is 0 Å². The average Bonchev–Trinajstić information content (AvgIpc) is 3.54. The monoisotopic (exact) mass is 422 g/mol. The van der Waals surface area contributed by atoms with Crippen LogP contribution in [-0.2, 0) is 23.9 Å². The molecular formula is C20H30N4O6. The Hall–Kier alpha value is -2.65. The molecule has 3 rings (SSSR count). The van der Waals surface area contributed by atoms with Crippen LogP contribution in [0.4, 0.5) is 4.79 Å². The maximum atomic E-state index is 12.6. The number of likely N-dealkylation sites (tertiary alicyclic amines) is 1. The Morgan fingerprint density at radius 1 is 1.17 bits per heavy atom. The number of nitrogens with zero attached hydrogens (tertiary/aromatic N) is 3. The lowest BCUT2D eigenvalue weighted by molar-refractivity contribution is -0.151. The molecular weight excluding hydrogens is 392 g/mol. The van der Waals surface area contributed by atoms with E-state index in [1.807, 2.05) is 0 Å². The summed E-state index contributed by atoms with van der Waals surface area (Å²) in [4.78, 5) is 65.5. The number of ether oxygens (including phenoxy) is 1. The maximum absolute atomic E-state index is 12.6. The second kappa shape index (κ2) is 8.61. The number of rotatable bonds is 7. The Labute approximate surface area is 175 Å². The number of hydrogen-bond donors (Lipinski definition) is 1. The van der Waals surface area contributed by atoms with Crippen LogP contribution < -0.4 is 5.32 Å². The minimum Gasteiger partial charge on any atom is -0.466 e. The summed E-state index contributed by atoms with van der Waals surface area (Å²) in [6, 6.07) is -0.566. The zero-order chi connectivity index (χ0) is 22.1. The van der Waals surface area contributed by atoms with Gasteiger partial charge in [0.25, 0.3) is 5.91 Å². The summed E-state index contributed by atoms with van der Waals surface area (Å²) in [5, 5.41) is 2.70. The standard InChI is InChI=1S/C20H30N4O6/c1-4-30-17(27)13-7-9-23(10-8-13)16(26)11-22(3)15(25)12-24-18(28)20(2,14-5-6-14)21-19(24)29/h13-14H,4-12H2,1-3H3,(H,21,29). The molecule has 1 unspecified atom stereocenters. The summed E-state index contributed by atoms with van der Waals surface area (Å²) in [5.41, 5.74) is -0.935. The van der Waals surface area contributed by atoms with Gasteiger partial charge in [0.2, 0.25) is 11.8 Å². The molecule has 0 aromatic rings. The molecule has 3 fully saturated rings. The molecule has 10 nitrogen and oxygen atoms in total. The number of piperidine rings is 1. The van der Waals surface area contributed by atoms with E-state index in [2.05, 4.69) is 5.32 Å². The van der Waals surface area contributed by atoms with Crippen LogP contribution in [-0.4, -0.2) is 89.8 Å². The average molecular weight is 422 g/mol. The number of likely N-dealkylation sites (N-methyl/N-ethyl adjacent to an activating group) is 1. The van der Waals surface area contributed by atoms with Crippen molar-refractivity contribution >= 4 is 29.7 Å². The lowest BCUT2D eigenvalue weighted by atomic mass is 9.96. The molecule has 1 atom stereocenters. The van der Waals surface area contributed by atoms with Crippen molar-refractivity contribution in [3.63, 3.8) is 0 Å². The Morgan fingerprint density at radius 3 is 2.37 bits per heavy atom. The minimum atomic E-state index is -0.935. The fraction of sp³-hybridized carbons (Fsp3) is 0.750. The highest BCUT2D eigenvalue weighted by Gasteiger charge is 2.56. The number of imide groups is 1. The molecule has 30 heavy (non-hydrogen) atoms. The molecule has 2 heterocycles. The normalized spacial score (nSPS) is 24.6. The largest absolute Gasteiger partial charge is 0.466 e. The number of esters is 1. The molecule has 1 N–H and O–H groups in total. The van der Waals surface area contributed by atoms with Crippen molar-refractivity contribution in [2.24, 2.45) is 11.8 Å². The fourth-order valence-corrected chi connectivity index (χ4v) is 4.07. The zero-order valence-electron chi connectivity index (χ0n) is 17.8. The number of hydrogen-bond acceptors (Lipinski definition) is 6. The van der Waals surface area contributed by atoms with Gasteiger partial charge in [-0.25, -0.2) is 4.79 Å². The van der Waals surface area contributed by atoms with E-state index in [-0.39, 0.29) is 42.7 Å². The van der Waals surface area contributed by atoms with Crippen molar-refractivity contribution in [3.05, 3.63) is 0 Å². The molecule has 0 bridgehead atoms. The molecule has 0 aromatic heterocycles. The first-order valence-corrected chi connectivity index (χ1v) is 10.5. The Kier molecular flexibility index (Phi) is 6.33. The van der Waals surface area contributed by atoms with E-state index >= 15 is 0 Å².